The number of rotatable bonds is 15. The minimum Gasteiger partial charge on any atom is -0.355 e. The lowest BCUT2D eigenvalue weighted by Gasteiger charge is -2.45. The number of imide groups is 1. The molecule has 0 aromatic rings. The van der Waals surface area contributed by atoms with E-state index in [0.29, 0.717) is 13.0 Å². The van der Waals surface area contributed by atoms with Crippen molar-refractivity contribution in [2.45, 2.75) is 67.0 Å². The highest BCUT2D eigenvalue weighted by Crippen LogP contribution is 2.35. The normalized spacial score (nSPS) is 12.3. The zero-order chi connectivity index (χ0) is 29.7. The molecule has 13 nitrogen and oxygen atoms in total. The summed E-state index contributed by atoms with van der Waals surface area (Å²) in [6.07, 6.45) is 3.04. The van der Waals surface area contributed by atoms with Crippen molar-refractivity contribution in [3.05, 3.63) is 12.2 Å². The van der Waals surface area contributed by atoms with Crippen LogP contribution in [0.2, 0.25) is 0 Å². The van der Waals surface area contributed by atoms with Crippen molar-refractivity contribution >= 4 is 41.9 Å². The van der Waals surface area contributed by atoms with Crippen molar-refractivity contribution in [3.63, 3.8) is 0 Å². The van der Waals surface area contributed by atoms with Crippen LogP contribution in [0.5, 0.6) is 0 Å². The van der Waals surface area contributed by atoms with Gasteiger partial charge in [0.05, 0.1) is 30.6 Å². The van der Waals surface area contributed by atoms with Gasteiger partial charge in [-0.1, -0.05) is 19.9 Å². The second kappa shape index (κ2) is 15.5. The van der Waals surface area contributed by atoms with Crippen LogP contribution in [0.4, 0.5) is 0 Å². The van der Waals surface area contributed by atoms with Crippen LogP contribution in [0.3, 0.4) is 0 Å². The van der Waals surface area contributed by atoms with E-state index in [1.807, 2.05) is 0 Å². The van der Waals surface area contributed by atoms with Gasteiger partial charge in [-0.3, -0.25) is 38.5 Å². The molecule has 7 amide bonds. The molecule has 38 heavy (non-hydrogen) atoms. The summed E-state index contributed by atoms with van der Waals surface area (Å²) in [6, 6.07) is -0.928. The maximum Gasteiger partial charge on any atom is 0.253 e. The van der Waals surface area contributed by atoms with Gasteiger partial charge in [0.25, 0.3) is 5.91 Å². The molecule has 0 fully saturated rings. The smallest absolute Gasteiger partial charge is 0.253 e. The monoisotopic (exact) mass is 538 g/mol. The summed E-state index contributed by atoms with van der Waals surface area (Å²) in [6.45, 7) is 12.3. The fraction of sp³-hybridized carbons (Fsp3) is 0.640. The highest BCUT2D eigenvalue weighted by molar-refractivity contribution is 5.97. The maximum atomic E-state index is 12.9. The minimum atomic E-state index is -1.28. The SMILES string of the molecule is C/C=C\C(=O)N(C=O)C(C)(C)C(C)(C)C(=O)NCC(=O)NCC(=O)NC(C(=O)NCC(=O)NCC)C(C)C. The Morgan fingerprint density at radius 1 is 0.816 bits per heavy atom. The number of allylic oxidation sites excluding steroid dienone is 1. The molecule has 0 aliphatic carbocycles. The third-order valence-corrected chi connectivity index (χ3v) is 6.27. The highest BCUT2D eigenvalue weighted by Gasteiger charge is 2.48. The zero-order valence-electron chi connectivity index (χ0n) is 23.5. The number of carbonyl (C=O) groups is 7. The lowest BCUT2D eigenvalue weighted by Crippen LogP contribution is -2.61. The highest BCUT2D eigenvalue weighted by atomic mass is 16.2. The van der Waals surface area contributed by atoms with Crippen molar-refractivity contribution in [2.75, 3.05) is 26.2 Å². The van der Waals surface area contributed by atoms with Gasteiger partial charge in [0, 0.05) is 6.54 Å². The number of hydrogen-bond donors (Lipinski definition) is 5. The van der Waals surface area contributed by atoms with E-state index in [1.165, 1.54) is 26.0 Å². The van der Waals surface area contributed by atoms with Crippen LogP contribution in [0, 0.1) is 11.3 Å². The lowest BCUT2D eigenvalue weighted by atomic mass is 9.72. The molecule has 0 aliphatic rings. The molecule has 0 aromatic heterocycles. The first-order chi connectivity index (χ1) is 17.6. The molecule has 0 saturated carbocycles. The van der Waals surface area contributed by atoms with Crippen molar-refractivity contribution in [3.8, 4) is 0 Å². The van der Waals surface area contributed by atoms with Gasteiger partial charge in [0.2, 0.25) is 35.9 Å². The topological polar surface area (TPSA) is 183 Å². The van der Waals surface area contributed by atoms with Crippen molar-refractivity contribution < 1.29 is 33.6 Å². The molecule has 214 valence electrons. The van der Waals surface area contributed by atoms with E-state index in [-0.39, 0.29) is 18.4 Å². The van der Waals surface area contributed by atoms with E-state index in [0.717, 1.165) is 4.90 Å². The predicted octanol–water partition coefficient (Wildman–Crippen LogP) is -1.02. The molecule has 0 radical (unpaired) electrons. The number of amides is 7. The van der Waals surface area contributed by atoms with Crippen LogP contribution < -0.4 is 26.6 Å². The van der Waals surface area contributed by atoms with Gasteiger partial charge in [-0.15, -0.1) is 0 Å². The van der Waals surface area contributed by atoms with Crippen LogP contribution in [-0.2, 0) is 33.6 Å². The first kappa shape index (κ1) is 34.2. The predicted molar refractivity (Wildman–Crippen MR) is 140 cm³/mol. The fourth-order valence-electron chi connectivity index (χ4n) is 3.18. The summed E-state index contributed by atoms with van der Waals surface area (Å²) in [4.78, 5) is 86.2. The van der Waals surface area contributed by atoms with Crippen LogP contribution in [0.25, 0.3) is 0 Å². The standard InChI is InChI=1S/C25H42N6O7/c1-9-11-20(36)31(15-32)25(7,8)24(5,6)23(38)29-13-18(34)27-14-19(35)30-21(16(3)4)22(37)28-12-17(33)26-10-2/h9,11,15-16,21H,10,12-14H2,1-8H3,(H,26,33)(H,27,34)(H,28,37)(H,29,38)(H,30,35)/b11-9-. The molecule has 0 bridgehead atoms. The van der Waals surface area contributed by atoms with Gasteiger partial charge >= 0.3 is 0 Å². The first-order valence-electron chi connectivity index (χ1n) is 12.4. The molecule has 0 heterocycles. The van der Waals surface area contributed by atoms with E-state index in [9.17, 15) is 33.6 Å². The second-order valence-electron chi connectivity index (χ2n) is 9.92. The molecular formula is C25H42N6O7. The Morgan fingerprint density at radius 3 is 1.84 bits per heavy atom. The van der Waals surface area contributed by atoms with Crippen LogP contribution in [-0.4, -0.2) is 84.5 Å². The molecule has 1 atom stereocenters. The van der Waals surface area contributed by atoms with Gasteiger partial charge in [0.15, 0.2) is 0 Å². The molecule has 0 aliphatic heterocycles. The van der Waals surface area contributed by atoms with E-state index in [2.05, 4.69) is 26.6 Å². The van der Waals surface area contributed by atoms with Crippen LogP contribution in [0.1, 0.15) is 55.4 Å². The number of carbonyl (C=O) groups excluding carboxylic acids is 7. The molecule has 0 aromatic carbocycles. The Hall–Kier alpha value is -3.77. The van der Waals surface area contributed by atoms with Crippen LogP contribution in [0.15, 0.2) is 12.2 Å². The van der Waals surface area contributed by atoms with E-state index >= 15 is 0 Å². The summed E-state index contributed by atoms with van der Waals surface area (Å²) in [5.74, 6) is -3.68. The molecule has 0 saturated heterocycles. The van der Waals surface area contributed by atoms with Crippen LogP contribution >= 0.6 is 0 Å². The van der Waals surface area contributed by atoms with E-state index in [1.54, 1.807) is 41.5 Å². The molecule has 1 unspecified atom stereocenters. The Bertz CT molecular complexity index is 927. The minimum absolute atomic E-state index is 0.233. The summed E-state index contributed by atoms with van der Waals surface area (Å²) in [7, 11) is 0. The number of nitrogens with one attached hydrogen (secondary N) is 5. The average molecular weight is 539 g/mol. The van der Waals surface area contributed by atoms with Crippen molar-refractivity contribution in [1.29, 1.82) is 0 Å². The molecule has 0 rings (SSSR count). The summed E-state index contributed by atoms with van der Waals surface area (Å²) >= 11 is 0. The van der Waals surface area contributed by atoms with Crippen molar-refractivity contribution in [1.82, 2.24) is 31.5 Å². The van der Waals surface area contributed by atoms with Crippen molar-refractivity contribution in [2.24, 2.45) is 11.3 Å². The van der Waals surface area contributed by atoms with Gasteiger partial charge in [0.1, 0.15) is 6.04 Å². The molecule has 0 spiro atoms. The van der Waals surface area contributed by atoms with Gasteiger partial charge in [-0.25, -0.2) is 0 Å². The number of nitrogens with zero attached hydrogens (tertiary/aromatic N) is 1. The fourth-order valence-corrected chi connectivity index (χ4v) is 3.18. The lowest BCUT2D eigenvalue weighted by molar-refractivity contribution is -0.151. The third-order valence-electron chi connectivity index (χ3n) is 6.27. The first-order valence-corrected chi connectivity index (χ1v) is 12.4. The summed E-state index contributed by atoms with van der Waals surface area (Å²) in [5, 5.41) is 12.3. The summed E-state index contributed by atoms with van der Waals surface area (Å²) < 4.78 is 0. The zero-order valence-corrected chi connectivity index (χ0v) is 23.5. The number of likely N-dealkylation sites (N-methyl/N-ethyl adjacent to an activating group) is 1. The van der Waals surface area contributed by atoms with E-state index in [4.69, 9.17) is 0 Å². The Labute approximate surface area is 223 Å². The summed E-state index contributed by atoms with van der Waals surface area (Å²) in [5.41, 5.74) is -2.52. The third kappa shape index (κ3) is 9.94. The molecular weight excluding hydrogens is 496 g/mol. The quantitative estimate of drug-likeness (QED) is 0.131. The van der Waals surface area contributed by atoms with E-state index < -0.39 is 59.6 Å². The van der Waals surface area contributed by atoms with Gasteiger partial charge in [-0.05, 0) is 53.5 Å². The Kier molecular flexibility index (Phi) is 13.9. The number of hydrogen-bond acceptors (Lipinski definition) is 7. The molecule has 13 heteroatoms. The maximum absolute atomic E-state index is 12.9. The van der Waals surface area contributed by atoms with Gasteiger partial charge < -0.3 is 26.6 Å². The van der Waals surface area contributed by atoms with Gasteiger partial charge in [-0.2, -0.15) is 0 Å². The average Bonchev–Trinajstić information content (AvgIpc) is 2.83. The molecule has 5 N–H and O–H groups in total. The Balaban J connectivity index is 4.96. The largest absolute Gasteiger partial charge is 0.355 e. The Morgan fingerprint density at radius 2 is 1.34 bits per heavy atom. The second-order valence-corrected chi connectivity index (χ2v) is 9.92.